The molecule has 0 aliphatic carbocycles. The van der Waals surface area contributed by atoms with Gasteiger partial charge in [0.25, 0.3) is 0 Å². The van der Waals surface area contributed by atoms with Gasteiger partial charge in [-0.05, 0) is 24.1 Å². The number of nitrogens with two attached hydrogens (primary N) is 1. The van der Waals surface area contributed by atoms with Crippen LogP contribution < -0.4 is 5.73 Å². The van der Waals surface area contributed by atoms with Crippen LogP contribution in [0.15, 0.2) is 36.5 Å². The first kappa shape index (κ1) is 13.2. The number of aromatic nitrogens is 2. The number of hydrogen-bond acceptors (Lipinski definition) is 3. The van der Waals surface area contributed by atoms with Gasteiger partial charge in [0.15, 0.2) is 0 Å². The third kappa shape index (κ3) is 2.95. The first-order chi connectivity index (χ1) is 9.26. The standard InChI is InChI=1S/C14H13ClN4/c15-8-2-1-3-11-4-6-13(7-5-11)19-14(17)12(9-16)10-18-19/h1,3-7,10H,2,8,17H2. The minimum absolute atomic E-state index is 0.355. The maximum atomic E-state index is 8.84. The molecule has 0 amide bonds. The van der Waals surface area contributed by atoms with Crippen molar-refractivity contribution in [1.82, 2.24) is 9.78 Å². The molecule has 2 rings (SSSR count). The topological polar surface area (TPSA) is 67.6 Å². The Hall–Kier alpha value is -2.25. The van der Waals surface area contributed by atoms with E-state index in [2.05, 4.69) is 5.10 Å². The highest BCUT2D eigenvalue weighted by Gasteiger charge is 2.07. The van der Waals surface area contributed by atoms with Gasteiger partial charge in [0.05, 0.1) is 11.9 Å². The molecule has 0 atom stereocenters. The van der Waals surface area contributed by atoms with Gasteiger partial charge in [0.1, 0.15) is 17.5 Å². The average Bonchev–Trinajstić information content (AvgIpc) is 2.81. The van der Waals surface area contributed by atoms with Crippen molar-refractivity contribution in [2.75, 3.05) is 11.6 Å². The van der Waals surface area contributed by atoms with Crippen LogP contribution in [0.4, 0.5) is 5.82 Å². The molecular formula is C14H13ClN4. The van der Waals surface area contributed by atoms with Gasteiger partial charge >= 0.3 is 0 Å². The van der Waals surface area contributed by atoms with Crippen molar-refractivity contribution in [3.8, 4) is 11.8 Å². The van der Waals surface area contributed by atoms with Gasteiger partial charge in [-0.2, -0.15) is 10.4 Å². The average molecular weight is 273 g/mol. The molecule has 2 aromatic rings. The summed E-state index contributed by atoms with van der Waals surface area (Å²) >= 11 is 5.60. The number of alkyl halides is 1. The Kier molecular flexibility index (Phi) is 4.22. The van der Waals surface area contributed by atoms with E-state index in [0.717, 1.165) is 17.7 Å². The lowest BCUT2D eigenvalue weighted by molar-refractivity contribution is 0.891. The number of rotatable bonds is 4. The number of allylic oxidation sites excluding steroid dienone is 1. The Morgan fingerprint density at radius 3 is 2.68 bits per heavy atom. The van der Waals surface area contributed by atoms with E-state index >= 15 is 0 Å². The van der Waals surface area contributed by atoms with Crippen molar-refractivity contribution < 1.29 is 0 Å². The Morgan fingerprint density at radius 2 is 2.11 bits per heavy atom. The molecule has 1 aromatic heterocycles. The van der Waals surface area contributed by atoms with E-state index in [4.69, 9.17) is 22.6 Å². The lowest BCUT2D eigenvalue weighted by Gasteiger charge is -2.04. The van der Waals surface area contributed by atoms with Crippen molar-refractivity contribution >= 4 is 23.5 Å². The van der Waals surface area contributed by atoms with E-state index in [-0.39, 0.29) is 0 Å². The van der Waals surface area contributed by atoms with Gasteiger partial charge < -0.3 is 5.73 Å². The second-order valence-corrected chi connectivity index (χ2v) is 4.32. The van der Waals surface area contributed by atoms with Crippen molar-refractivity contribution in [2.24, 2.45) is 0 Å². The Labute approximate surface area is 116 Å². The fraction of sp³-hybridized carbons (Fsp3) is 0.143. The number of halogens is 1. The zero-order valence-electron chi connectivity index (χ0n) is 10.3. The zero-order chi connectivity index (χ0) is 13.7. The van der Waals surface area contributed by atoms with E-state index in [9.17, 15) is 0 Å². The Morgan fingerprint density at radius 1 is 1.37 bits per heavy atom. The Bertz CT molecular complexity index is 620. The highest BCUT2D eigenvalue weighted by molar-refractivity contribution is 6.17. The summed E-state index contributed by atoms with van der Waals surface area (Å²) in [5.41, 5.74) is 8.12. The van der Waals surface area contributed by atoms with Gasteiger partial charge in [0, 0.05) is 5.88 Å². The van der Waals surface area contributed by atoms with E-state index < -0.39 is 0 Å². The molecule has 1 heterocycles. The zero-order valence-corrected chi connectivity index (χ0v) is 11.0. The van der Waals surface area contributed by atoms with Crippen LogP contribution >= 0.6 is 11.6 Å². The third-order valence-electron chi connectivity index (χ3n) is 2.65. The summed E-state index contributed by atoms with van der Waals surface area (Å²) in [6, 6.07) is 9.75. The van der Waals surface area contributed by atoms with Gasteiger partial charge in [-0.1, -0.05) is 24.3 Å². The summed E-state index contributed by atoms with van der Waals surface area (Å²) in [6.07, 6.45) is 6.35. The quantitative estimate of drug-likeness (QED) is 0.870. The summed E-state index contributed by atoms with van der Waals surface area (Å²) in [7, 11) is 0. The number of nitrogens with zero attached hydrogens (tertiary/aromatic N) is 3. The van der Waals surface area contributed by atoms with Gasteiger partial charge in [-0.15, -0.1) is 11.6 Å². The van der Waals surface area contributed by atoms with Crippen LogP contribution in [-0.2, 0) is 0 Å². The fourth-order valence-electron chi connectivity index (χ4n) is 1.66. The summed E-state index contributed by atoms with van der Waals surface area (Å²) in [5.74, 6) is 0.975. The monoisotopic (exact) mass is 272 g/mol. The van der Waals surface area contributed by atoms with E-state index in [0.29, 0.717) is 17.3 Å². The van der Waals surface area contributed by atoms with Crippen LogP contribution in [0.1, 0.15) is 17.5 Å². The van der Waals surface area contributed by atoms with Crippen LogP contribution in [0.25, 0.3) is 11.8 Å². The van der Waals surface area contributed by atoms with Gasteiger partial charge in [0.2, 0.25) is 0 Å². The SMILES string of the molecule is N#Cc1cnn(-c2ccc(C=CCCCl)cc2)c1N. The Balaban J connectivity index is 2.23. The number of benzene rings is 1. The molecule has 1 aromatic carbocycles. The van der Waals surface area contributed by atoms with Crippen LogP contribution in [0.2, 0.25) is 0 Å². The minimum Gasteiger partial charge on any atom is -0.382 e. The summed E-state index contributed by atoms with van der Waals surface area (Å²) in [4.78, 5) is 0. The van der Waals surface area contributed by atoms with Crippen LogP contribution in [0.3, 0.4) is 0 Å². The predicted octanol–water partition coefficient (Wildman–Crippen LogP) is 2.97. The molecule has 0 fully saturated rings. The highest BCUT2D eigenvalue weighted by Crippen LogP contribution is 2.17. The first-order valence-corrected chi connectivity index (χ1v) is 6.36. The second-order valence-electron chi connectivity index (χ2n) is 3.94. The number of hydrogen-bond donors (Lipinski definition) is 1. The number of anilines is 1. The van der Waals surface area contributed by atoms with Crippen LogP contribution in [0.5, 0.6) is 0 Å². The molecule has 0 spiro atoms. The molecule has 0 unspecified atom stereocenters. The molecule has 2 N–H and O–H groups in total. The fourth-order valence-corrected chi connectivity index (χ4v) is 1.78. The molecule has 96 valence electrons. The van der Waals surface area contributed by atoms with Crippen molar-refractivity contribution in [2.45, 2.75) is 6.42 Å². The number of nitrogen functional groups attached to an aromatic ring is 1. The van der Waals surface area contributed by atoms with Crippen LogP contribution in [-0.4, -0.2) is 15.7 Å². The number of nitriles is 1. The predicted molar refractivity (Wildman–Crippen MR) is 77.1 cm³/mol. The lowest BCUT2D eigenvalue weighted by atomic mass is 10.2. The van der Waals surface area contributed by atoms with Crippen molar-refractivity contribution in [1.29, 1.82) is 5.26 Å². The van der Waals surface area contributed by atoms with Gasteiger partial charge in [-0.25, -0.2) is 4.68 Å². The molecule has 4 nitrogen and oxygen atoms in total. The lowest BCUT2D eigenvalue weighted by Crippen LogP contribution is -2.02. The smallest absolute Gasteiger partial charge is 0.145 e. The van der Waals surface area contributed by atoms with Gasteiger partial charge in [-0.3, -0.25) is 0 Å². The minimum atomic E-state index is 0.355. The maximum Gasteiger partial charge on any atom is 0.145 e. The van der Waals surface area contributed by atoms with Crippen LogP contribution in [0, 0.1) is 11.3 Å². The highest BCUT2D eigenvalue weighted by atomic mass is 35.5. The third-order valence-corrected chi connectivity index (χ3v) is 2.87. The van der Waals surface area contributed by atoms with E-state index in [1.165, 1.54) is 6.20 Å². The molecule has 0 radical (unpaired) electrons. The maximum absolute atomic E-state index is 8.84. The molecule has 0 saturated heterocycles. The van der Waals surface area contributed by atoms with E-state index in [1.807, 2.05) is 42.5 Å². The molecule has 0 aliphatic heterocycles. The van der Waals surface area contributed by atoms with E-state index in [1.54, 1.807) is 4.68 Å². The molecule has 0 bridgehead atoms. The largest absolute Gasteiger partial charge is 0.382 e. The summed E-state index contributed by atoms with van der Waals surface area (Å²) in [5, 5.41) is 12.9. The molecule has 0 aliphatic rings. The second kappa shape index (κ2) is 6.07. The molecular weight excluding hydrogens is 260 g/mol. The summed E-state index contributed by atoms with van der Waals surface area (Å²) < 4.78 is 1.55. The molecule has 0 saturated carbocycles. The molecule has 19 heavy (non-hydrogen) atoms. The first-order valence-electron chi connectivity index (χ1n) is 5.83. The molecule has 5 heteroatoms. The summed E-state index contributed by atoms with van der Waals surface area (Å²) in [6.45, 7) is 0. The normalized spacial score (nSPS) is 10.7. The van der Waals surface area contributed by atoms with Crippen molar-refractivity contribution in [3.05, 3.63) is 47.7 Å². The van der Waals surface area contributed by atoms with Crippen molar-refractivity contribution in [3.63, 3.8) is 0 Å².